The van der Waals surface area contributed by atoms with Crippen molar-refractivity contribution in [2.45, 2.75) is 57.4 Å². The Kier molecular flexibility index (Phi) is 4.45. The molecule has 0 aromatic rings. The number of hydrogen-bond donors (Lipinski definition) is 2. The van der Waals surface area contributed by atoms with E-state index >= 15 is 0 Å². The van der Waals surface area contributed by atoms with Crippen molar-refractivity contribution in [1.82, 2.24) is 4.90 Å². The molecule has 5 nitrogen and oxygen atoms in total. The Hall–Kier alpha value is -1.10. The first-order chi connectivity index (χ1) is 9.02. The van der Waals surface area contributed by atoms with E-state index in [1.165, 1.54) is 32.1 Å². The van der Waals surface area contributed by atoms with E-state index in [-0.39, 0.29) is 12.3 Å². The Morgan fingerprint density at radius 2 is 1.63 bits per heavy atom. The molecule has 2 rings (SSSR count). The first-order valence-electron chi connectivity index (χ1n) is 7.35. The topological polar surface area (TPSA) is 89.4 Å². The van der Waals surface area contributed by atoms with Crippen LogP contribution in [0.25, 0.3) is 0 Å². The van der Waals surface area contributed by atoms with Crippen molar-refractivity contribution in [3.63, 3.8) is 0 Å². The number of amides is 2. The smallest absolute Gasteiger partial charge is 0.240 e. The van der Waals surface area contributed by atoms with Crippen molar-refractivity contribution < 1.29 is 9.59 Å². The number of primary amides is 1. The van der Waals surface area contributed by atoms with Gasteiger partial charge in [-0.25, -0.2) is 0 Å². The number of carbonyl (C=O) groups is 2. The molecule has 1 spiro atoms. The van der Waals surface area contributed by atoms with E-state index in [0.29, 0.717) is 5.41 Å². The molecule has 1 saturated heterocycles. The average Bonchev–Trinajstić information content (AvgIpc) is 2.39. The number of piperidine rings is 1. The highest BCUT2D eigenvalue weighted by atomic mass is 16.2. The molecule has 1 unspecified atom stereocenters. The number of carbonyl (C=O) groups excluding carboxylic acids is 2. The summed E-state index contributed by atoms with van der Waals surface area (Å²) in [5, 5.41) is 0. The second-order valence-corrected chi connectivity index (χ2v) is 6.16. The zero-order chi connectivity index (χ0) is 13.9. The molecule has 5 heteroatoms. The molecule has 0 aromatic heterocycles. The van der Waals surface area contributed by atoms with Gasteiger partial charge in [0.25, 0.3) is 0 Å². The van der Waals surface area contributed by atoms with E-state index in [2.05, 4.69) is 0 Å². The van der Waals surface area contributed by atoms with Crippen LogP contribution >= 0.6 is 0 Å². The van der Waals surface area contributed by atoms with Gasteiger partial charge in [0, 0.05) is 13.1 Å². The summed E-state index contributed by atoms with van der Waals surface area (Å²) in [6, 6.07) is -0.766. The van der Waals surface area contributed by atoms with E-state index in [4.69, 9.17) is 11.5 Å². The Labute approximate surface area is 114 Å². The number of hydrogen-bond acceptors (Lipinski definition) is 3. The molecule has 19 heavy (non-hydrogen) atoms. The molecule has 1 heterocycles. The number of nitrogens with two attached hydrogens (primary N) is 2. The molecule has 2 fully saturated rings. The third kappa shape index (κ3) is 3.47. The lowest BCUT2D eigenvalue weighted by atomic mass is 9.68. The fourth-order valence-corrected chi connectivity index (χ4v) is 3.54. The van der Waals surface area contributed by atoms with Crippen molar-refractivity contribution in [1.29, 1.82) is 0 Å². The summed E-state index contributed by atoms with van der Waals surface area (Å²) in [5.41, 5.74) is 11.3. The molecule has 2 amide bonds. The molecule has 1 aliphatic carbocycles. The maximum atomic E-state index is 12.1. The minimum Gasteiger partial charge on any atom is -0.370 e. The van der Waals surface area contributed by atoms with Crippen molar-refractivity contribution in [2.24, 2.45) is 16.9 Å². The molecule has 0 aromatic carbocycles. The second kappa shape index (κ2) is 5.90. The van der Waals surface area contributed by atoms with Gasteiger partial charge in [0.2, 0.25) is 11.8 Å². The predicted octanol–water partition coefficient (Wildman–Crippen LogP) is 0.762. The number of rotatable bonds is 3. The normalized spacial score (nSPS) is 24.2. The summed E-state index contributed by atoms with van der Waals surface area (Å²) in [6.45, 7) is 1.57. The minimum atomic E-state index is -0.766. The Morgan fingerprint density at radius 1 is 1.05 bits per heavy atom. The predicted molar refractivity (Wildman–Crippen MR) is 73.1 cm³/mol. The molecular weight excluding hydrogens is 242 g/mol. The lowest BCUT2D eigenvalue weighted by Gasteiger charge is -2.44. The SMILES string of the molecule is NC(=O)CC(N)C(=O)N1CCC2(CCCCC2)CC1. The van der Waals surface area contributed by atoms with Gasteiger partial charge in [-0.3, -0.25) is 9.59 Å². The van der Waals surface area contributed by atoms with Crippen LogP contribution in [0.2, 0.25) is 0 Å². The molecule has 0 bridgehead atoms. The van der Waals surface area contributed by atoms with Gasteiger partial charge < -0.3 is 16.4 Å². The Bertz CT molecular complexity index is 341. The number of likely N-dealkylation sites (tertiary alicyclic amines) is 1. The molecule has 4 N–H and O–H groups in total. The van der Waals surface area contributed by atoms with Crippen LogP contribution < -0.4 is 11.5 Å². The van der Waals surface area contributed by atoms with Gasteiger partial charge in [0.1, 0.15) is 0 Å². The summed E-state index contributed by atoms with van der Waals surface area (Å²) in [7, 11) is 0. The van der Waals surface area contributed by atoms with Crippen LogP contribution in [0.5, 0.6) is 0 Å². The summed E-state index contributed by atoms with van der Waals surface area (Å²) in [6.07, 6.45) is 8.74. The Morgan fingerprint density at radius 3 is 2.16 bits per heavy atom. The minimum absolute atomic E-state index is 0.0551. The quantitative estimate of drug-likeness (QED) is 0.791. The highest BCUT2D eigenvalue weighted by Crippen LogP contribution is 2.44. The highest BCUT2D eigenvalue weighted by Gasteiger charge is 2.37. The second-order valence-electron chi connectivity index (χ2n) is 6.16. The van der Waals surface area contributed by atoms with Crippen molar-refractivity contribution in [3.8, 4) is 0 Å². The summed E-state index contributed by atoms with van der Waals surface area (Å²) < 4.78 is 0. The average molecular weight is 267 g/mol. The van der Waals surface area contributed by atoms with E-state index in [1.54, 1.807) is 0 Å². The largest absolute Gasteiger partial charge is 0.370 e. The summed E-state index contributed by atoms with van der Waals surface area (Å²) in [5.74, 6) is -0.633. The van der Waals surface area contributed by atoms with Gasteiger partial charge in [-0.15, -0.1) is 0 Å². The van der Waals surface area contributed by atoms with Gasteiger partial charge >= 0.3 is 0 Å². The zero-order valence-corrected chi connectivity index (χ0v) is 11.6. The number of nitrogens with zero attached hydrogens (tertiary/aromatic N) is 1. The van der Waals surface area contributed by atoms with Crippen LogP contribution in [-0.2, 0) is 9.59 Å². The lowest BCUT2D eigenvalue weighted by molar-refractivity contribution is -0.137. The maximum absolute atomic E-state index is 12.1. The first kappa shape index (κ1) is 14.3. The van der Waals surface area contributed by atoms with E-state index in [9.17, 15) is 9.59 Å². The van der Waals surface area contributed by atoms with Crippen molar-refractivity contribution in [2.75, 3.05) is 13.1 Å². The van der Waals surface area contributed by atoms with Crippen molar-refractivity contribution in [3.05, 3.63) is 0 Å². The fourth-order valence-electron chi connectivity index (χ4n) is 3.54. The van der Waals surface area contributed by atoms with Crippen LogP contribution in [0.1, 0.15) is 51.4 Å². The van der Waals surface area contributed by atoms with Gasteiger partial charge in [-0.05, 0) is 31.1 Å². The molecule has 1 aliphatic heterocycles. The van der Waals surface area contributed by atoms with Crippen LogP contribution in [0.15, 0.2) is 0 Å². The zero-order valence-electron chi connectivity index (χ0n) is 11.6. The third-order valence-corrected chi connectivity index (χ3v) is 4.79. The van der Waals surface area contributed by atoms with Crippen LogP contribution in [0, 0.1) is 5.41 Å². The summed E-state index contributed by atoms with van der Waals surface area (Å²) in [4.78, 5) is 24.7. The Balaban J connectivity index is 1.85. The molecule has 1 atom stereocenters. The van der Waals surface area contributed by atoms with Crippen molar-refractivity contribution >= 4 is 11.8 Å². The molecule has 0 radical (unpaired) electrons. The summed E-state index contributed by atoms with van der Waals surface area (Å²) >= 11 is 0. The molecule has 108 valence electrons. The van der Waals surface area contributed by atoms with Gasteiger partial charge in [-0.1, -0.05) is 19.3 Å². The monoisotopic (exact) mass is 267 g/mol. The van der Waals surface area contributed by atoms with Gasteiger partial charge in [0.15, 0.2) is 0 Å². The van der Waals surface area contributed by atoms with E-state index in [0.717, 1.165) is 25.9 Å². The highest BCUT2D eigenvalue weighted by molar-refractivity contribution is 5.87. The van der Waals surface area contributed by atoms with Crippen LogP contribution in [0.3, 0.4) is 0 Å². The van der Waals surface area contributed by atoms with E-state index < -0.39 is 11.9 Å². The molecular formula is C14H25N3O2. The van der Waals surface area contributed by atoms with E-state index in [1.807, 2.05) is 4.90 Å². The molecule has 1 saturated carbocycles. The lowest BCUT2D eigenvalue weighted by Crippen LogP contribution is -2.50. The third-order valence-electron chi connectivity index (χ3n) is 4.79. The van der Waals surface area contributed by atoms with Crippen LogP contribution in [0.4, 0.5) is 0 Å². The fraction of sp³-hybridized carbons (Fsp3) is 0.857. The van der Waals surface area contributed by atoms with Gasteiger partial charge in [-0.2, -0.15) is 0 Å². The molecule has 2 aliphatic rings. The standard InChI is InChI=1S/C14H25N3O2/c15-11(10-12(16)18)13(19)17-8-6-14(7-9-17)4-2-1-3-5-14/h11H,1-10,15H2,(H2,16,18). The maximum Gasteiger partial charge on any atom is 0.240 e. The van der Waals surface area contributed by atoms with Gasteiger partial charge in [0.05, 0.1) is 12.5 Å². The first-order valence-corrected chi connectivity index (χ1v) is 7.35. The van der Waals surface area contributed by atoms with Crippen LogP contribution in [-0.4, -0.2) is 35.8 Å².